The van der Waals surface area contributed by atoms with Crippen molar-refractivity contribution in [2.24, 2.45) is 5.41 Å². The van der Waals surface area contributed by atoms with E-state index >= 15 is 0 Å². The van der Waals surface area contributed by atoms with Gasteiger partial charge in [-0.2, -0.15) is 5.26 Å². The highest BCUT2D eigenvalue weighted by atomic mass is 16.5. The number of carboxylic acids is 1. The number of benzene rings is 1. The molecular weight excluding hydrogens is 304 g/mol. The van der Waals surface area contributed by atoms with Gasteiger partial charge < -0.3 is 15.2 Å². The van der Waals surface area contributed by atoms with Crippen LogP contribution in [0.1, 0.15) is 44.2 Å². The Labute approximate surface area is 143 Å². The predicted octanol–water partition coefficient (Wildman–Crippen LogP) is 2.85. The van der Waals surface area contributed by atoms with Crippen LogP contribution in [0.5, 0.6) is 0 Å². The molecule has 5 heteroatoms. The molecule has 0 aromatic heterocycles. The first-order chi connectivity index (χ1) is 11.4. The summed E-state index contributed by atoms with van der Waals surface area (Å²) in [6.45, 7) is 5.88. The van der Waals surface area contributed by atoms with Crippen LogP contribution in [0.25, 0.3) is 0 Å². The number of ether oxygens (including phenoxy) is 1. The van der Waals surface area contributed by atoms with Crippen molar-refractivity contribution in [1.29, 1.82) is 5.26 Å². The van der Waals surface area contributed by atoms with Crippen molar-refractivity contribution in [1.82, 2.24) is 5.32 Å². The topological polar surface area (TPSA) is 82.3 Å². The fourth-order valence-corrected chi connectivity index (χ4v) is 3.02. The Kier molecular flexibility index (Phi) is 5.98. The molecule has 2 rings (SSSR count). The molecule has 0 saturated carbocycles. The Morgan fingerprint density at radius 2 is 2.04 bits per heavy atom. The molecule has 0 aliphatic carbocycles. The predicted molar refractivity (Wildman–Crippen MR) is 91.5 cm³/mol. The van der Waals surface area contributed by atoms with Gasteiger partial charge in [-0.15, -0.1) is 0 Å². The van der Waals surface area contributed by atoms with Gasteiger partial charge in [0.1, 0.15) is 0 Å². The molecule has 1 heterocycles. The third-order valence-corrected chi connectivity index (χ3v) is 4.91. The first-order valence-electron chi connectivity index (χ1n) is 8.43. The molecule has 130 valence electrons. The van der Waals surface area contributed by atoms with Gasteiger partial charge >= 0.3 is 5.97 Å². The highest BCUT2D eigenvalue weighted by molar-refractivity contribution is 5.73. The fourth-order valence-electron chi connectivity index (χ4n) is 3.02. The van der Waals surface area contributed by atoms with Crippen LogP contribution >= 0.6 is 0 Å². The van der Waals surface area contributed by atoms with Crippen molar-refractivity contribution >= 4 is 5.97 Å². The van der Waals surface area contributed by atoms with Gasteiger partial charge in [-0.05, 0) is 57.3 Å². The molecule has 5 nitrogen and oxygen atoms in total. The smallest absolute Gasteiger partial charge is 0.309 e. The van der Waals surface area contributed by atoms with Crippen molar-refractivity contribution < 1.29 is 14.6 Å². The summed E-state index contributed by atoms with van der Waals surface area (Å²) in [5, 5.41) is 22.2. The number of aliphatic carboxylic acids is 1. The number of rotatable bonds is 7. The van der Waals surface area contributed by atoms with Crippen LogP contribution in [0.15, 0.2) is 24.3 Å². The Hall–Kier alpha value is -1.90. The minimum absolute atomic E-state index is 0.384. The van der Waals surface area contributed by atoms with Crippen LogP contribution in [0.4, 0.5) is 0 Å². The highest BCUT2D eigenvalue weighted by Crippen LogP contribution is 2.35. The zero-order valence-corrected chi connectivity index (χ0v) is 14.5. The molecule has 1 saturated heterocycles. The summed E-state index contributed by atoms with van der Waals surface area (Å²) in [6, 6.07) is 10.5. The summed E-state index contributed by atoms with van der Waals surface area (Å²) in [7, 11) is 0. The number of hydrogen-bond donors (Lipinski definition) is 2. The van der Waals surface area contributed by atoms with E-state index in [1.54, 1.807) is 13.8 Å². The second-order valence-corrected chi connectivity index (χ2v) is 7.09. The average molecular weight is 330 g/mol. The molecule has 0 amide bonds. The molecule has 2 N–H and O–H groups in total. The number of carboxylic acid groups (broad SMARTS) is 1. The van der Waals surface area contributed by atoms with Crippen LogP contribution in [0.2, 0.25) is 0 Å². The summed E-state index contributed by atoms with van der Waals surface area (Å²) < 4.78 is 5.74. The van der Waals surface area contributed by atoms with E-state index in [1.165, 1.54) is 0 Å². The summed E-state index contributed by atoms with van der Waals surface area (Å²) in [5.74, 6) is -0.815. The maximum atomic E-state index is 11.1. The van der Waals surface area contributed by atoms with E-state index in [1.807, 2.05) is 24.3 Å². The van der Waals surface area contributed by atoms with Crippen molar-refractivity contribution in [3.8, 4) is 6.07 Å². The quantitative estimate of drug-likeness (QED) is 0.751. The standard InChI is InChI=1S/C19H26N2O3/c1-18(2,17(22)23)9-12-24-13-15-5-3-4-6-16(15)19(14-20)7-10-21-11-8-19/h3-6,21H,7-13H2,1-2H3,(H,22,23). The van der Waals surface area contributed by atoms with Crippen molar-refractivity contribution in [3.63, 3.8) is 0 Å². The second-order valence-electron chi connectivity index (χ2n) is 7.09. The van der Waals surface area contributed by atoms with Crippen LogP contribution in [-0.4, -0.2) is 30.8 Å². The fraction of sp³-hybridized carbons (Fsp3) is 0.579. The highest BCUT2D eigenvalue weighted by Gasteiger charge is 2.35. The van der Waals surface area contributed by atoms with Crippen LogP contribution in [0, 0.1) is 16.7 Å². The molecule has 0 bridgehead atoms. The minimum Gasteiger partial charge on any atom is -0.481 e. The number of piperidine rings is 1. The Balaban J connectivity index is 2.04. The molecular formula is C19H26N2O3. The number of hydrogen-bond acceptors (Lipinski definition) is 4. The van der Waals surface area contributed by atoms with Gasteiger partial charge in [0.15, 0.2) is 0 Å². The largest absolute Gasteiger partial charge is 0.481 e. The summed E-state index contributed by atoms with van der Waals surface area (Å²) in [4.78, 5) is 11.1. The Morgan fingerprint density at radius 3 is 2.67 bits per heavy atom. The Morgan fingerprint density at radius 1 is 1.38 bits per heavy atom. The maximum Gasteiger partial charge on any atom is 0.309 e. The lowest BCUT2D eigenvalue weighted by molar-refractivity contribution is -0.148. The van der Waals surface area contributed by atoms with E-state index < -0.39 is 16.8 Å². The molecule has 1 aromatic rings. The Bertz CT molecular complexity index is 613. The summed E-state index contributed by atoms with van der Waals surface area (Å²) >= 11 is 0. The monoisotopic (exact) mass is 330 g/mol. The summed E-state index contributed by atoms with van der Waals surface area (Å²) in [5.41, 5.74) is 0.828. The van der Waals surface area contributed by atoms with Crippen LogP contribution in [0.3, 0.4) is 0 Å². The number of nitrogens with zero attached hydrogens (tertiary/aromatic N) is 1. The van der Waals surface area contributed by atoms with E-state index in [2.05, 4.69) is 11.4 Å². The summed E-state index contributed by atoms with van der Waals surface area (Å²) in [6.07, 6.45) is 2.05. The van der Waals surface area contributed by atoms with E-state index in [4.69, 9.17) is 9.84 Å². The van der Waals surface area contributed by atoms with Crippen LogP contribution in [-0.2, 0) is 21.6 Å². The third kappa shape index (κ3) is 4.14. The van der Waals surface area contributed by atoms with Crippen molar-refractivity contribution in [2.75, 3.05) is 19.7 Å². The van der Waals surface area contributed by atoms with Gasteiger partial charge in [0.05, 0.1) is 23.5 Å². The van der Waals surface area contributed by atoms with Gasteiger partial charge in [0.2, 0.25) is 0 Å². The van der Waals surface area contributed by atoms with E-state index in [0.717, 1.165) is 37.1 Å². The second kappa shape index (κ2) is 7.78. The minimum atomic E-state index is -0.815. The molecule has 0 spiro atoms. The first kappa shape index (κ1) is 18.4. The normalized spacial score (nSPS) is 17.2. The lowest BCUT2D eigenvalue weighted by Crippen LogP contribution is -2.39. The molecule has 1 aliphatic heterocycles. The van der Waals surface area contributed by atoms with E-state index in [-0.39, 0.29) is 0 Å². The molecule has 1 fully saturated rings. The molecule has 0 unspecified atom stereocenters. The van der Waals surface area contributed by atoms with Gasteiger partial charge in [-0.3, -0.25) is 4.79 Å². The average Bonchev–Trinajstić information content (AvgIpc) is 2.59. The van der Waals surface area contributed by atoms with E-state index in [9.17, 15) is 10.1 Å². The number of nitriles is 1. The van der Waals surface area contributed by atoms with Crippen LogP contribution < -0.4 is 5.32 Å². The number of carbonyl (C=O) groups is 1. The van der Waals surface area contributed by atoms with Gasteiger partial charge in [-0.1, -0.05) is 24.3 Å². The number of nitrogens with one attached hydrogen (secondary N) is 1. The zero-order chi connectivity index (χ0) is 17.6. The zero-order valence-electron chi connectivity index (χ0n) is 14.5. The molecule has 1 aliphatic rings. The van der Waals surface area contributed by atoms with Gasteiger partial charge in [-0.25, -0.2) is 0 Å². The van der Waals surface area contributed by atoms with Crippen molar-refractivity contribution in [2.45, 2.75) is 45.1 Å². The van der Waals surface area contributed by atoms with Gasteiger partial charge in [0.25, 0.3) is 0 Å². The van der Waals surface area contributed by atoms with Gasteiger partial charge in [0, 0.05) is 6.61 Å². The lowest BCUT2D eigenvalue weighted by atomic mass is 9.73. The molecule has 24 heavy (non-hydrogen) atoms. The molecule has 0 atom stereocenters. The SMILES string of the molecule is CC(C)(CCOCc1ccccc1C1(C#N)CCNCC1)C(=O)O. The lowest BCUT2D eigenvalue weighted by Gasteiger charge is -2.33. The van der Waals surface area contributed by atoms with E-state index in [0.29, 0.717) is 19.6 Å². The first-order valence-corrected chi connectivity index (χ1v) is 8.43. The molecule has 0 radical (unpaired) electrons. The third-order valence-electron chi connectivity index (χ3n) is 4.91. The molecule has 1 aromatic carbocycles. The van der Waals surface area contributed by atoms with Crippen molar-refractivity contribution in [3.05, 3.63) is 35.4 Å². The maximum absolute atomic E-state index is 11.1.